The summed E-state index contributed by atoms with van der Waals surface area (Å²) < 4.78 is 27.2. The lowest BCUT2D eigenvalue weighted by Crippen LogP contribution is -2.34. The first-order chi connectivity index (χ1) is 13.5. The number of nitrogens with one attached hydrogen (secondary N) is 1. The molecule has 1 aliphatic rings. The van der Waals surface area contributed by atoms with E-state index in [0.29, 0.717) is 24.5 Å². The van der Waals surface area contributed by atoms with Crippen LogP contribution in [0.3, 0.4) is 0 Å². The molecule has 0 unspecified atom stereocenters. The van der Waals surface area contributed by atoms with Crippen molar-refractivity contribution in [1.82, 2.24) is 14.5 Å². The Morgan fingerprint density at radius 1 is 1.07 bits per heavy atom. The van der Waals surface area contributed by atoms with Crippen molar-refractivity contribution in [3.8, 4) is 0 Å². The first kappa shape index (κ1) is 22.6. The number of nitrogens with zero attached hydrogens (tertiary/aromatic N) is 2. The first-order valence-electron chi connectivity index (χ1n) is 10.3. The fourth-order valence-electron chi connectivity index (χ4n) is 3.29. The Bertz CT molecular complexity index is 733. The van der Waals surface area contributed by atoms with Crippen molar-refractivity contribution < 1.29 is 13.2 Å². The van der Waals surface area contributed by atoms with Gasteiger partial charge in [0.05, 0.1) is 4.90 Å². The highest BCUT2D eigenvalue weighted by Crippen LogP contribution is 2.20. The van der Waals surface area contributed by atoms with E-state index in [-0.39, 0.29) is 5.91 Å². The fourth-order valence-corrected chi connectivity index (χ4v) is 4.81. The number of likely N-dealkylation sites (N-methyl/N-ethyl adjacent to an activating group) is 1. The van der Waals surface area contributed by atoms with Crippen LogP contribution in [0.4, 0.5) is 0 Å². The van der Waals surface area contributed by atoms with Gasteiger partial charge in [-0.3, -0.25) is 4.79 Å². The molecule has 1 N–H and O–H groups in total. The molecule has 0 spiro atoms. The number of benzene rings is 1. The van der Waals surface area contributed by atoms with Gasteiger partial charge in [-0.15, -0.1) is 0 Å². The maximum atomic E-state index is 12.8. The molecule has 0 aliphatic carbocycles. The Morgan fingerprint density at radius 3 is 2.25 bits per heavy atom. The third-order valence-electron chi connectivity index (χ3n) is 5.13. The molecule has 0 bridgehead atoms. The maximum Gasteiger partial charge on any atom is 0.244 e. The Kier molecular flexibility index (Phi) is 9.15. The Balaban J connectivity index is 1.91. The molecule has 0 saturated carbocycles. The second-order valence-electron chi connectivity index (χ2n) is 7.04. The van der Waals surface area contributed by atoms with Gasteiger partial charge in [0, 0.05) is 32.3 Å². The molecule has 1 fully saturated rings. The normalized spacial score (nSPS) is 16.4. The van der Waals surface area contributed by atoms with Crippen LogP contribution in [0.25, 0.3) is 6.08 Å². The molecular weight excluding hydrogens is 374 g/mol. The number of carbonyl (C=O) groups excluding carboxylic acids is 1. The summed E-state index contributed by atoms with van der Waals surface area (Å²) in [5.74, 6) is -0.145. The third-order valence-corrected chi connectivity index (χ3v) is 7.04. The molecule has 1 aliphatic heterocycles. The van der Waals surface area contributed by atoms with E-state index in [4.69, 9.17) is 0 Å². The number of rotatable bonds is 9. The van der Waals surface area contributed by atoms with Gasteiger partial charge in [-0.1, -0.05) is 38.8 Å². The summed E-state index contributed by atoms with van der Waals surface area (Å²) >= 11 is 0. The van der Waals surface area contributed by atoms with E-state index in [0.717, 1.165) is 50.9 Å². The number of hydrogen-bond acceptors (Lipinski definition) is 4. The SMILES string of the molecule is CCN(CC)CCNC(=O)/C=C/c1ccc(S(=O)(=O)N2CCCCCC2)cc1. The van der Waals surface area contributed by atoms with E-state index in [1.165, 1.54) is 6.08 Å². The molecule has 28 heavy (non-hydrogen) atoms. The zero-order chi connectivity index (χ0) is 20.4. The van der Waals surface area contributed by atoms with Gasteiger partial charge in [0.25, 0.3) is 0 Å². The van der Waals surface area contributed by atoms with Crippen molar-refractivity contribution in [2.75, 3.05) is 39.3 Å². The van der Waals surface area contributed by atoms with Gasteiger partial charge in [0.2, 0.25) is 15.9 Å². The highest BCUT2D eigenvalue weighted by atomic mass is 32.2. The van der Waals surface area contributed by atoms with E-state index >= 15 is 0 Å². The summed E-state index contributed by atoms with van der Waals surface area (Å²) in [6.07, 6.45) is 7.21. The van der Waals surface area contributed by atoms with Gasteiger partial charge in [0.15, 0.2) is 0 Å². The Hall–Kier alpha value is -1.70. The smallest absolute Gasteiger partial charge is 0.244 e. The molecule has 1 amide bonds. The fraction of sp³-hybridized carbons (Fsp3) is 0.571. The molecule has 0 aromatic heterocycles. The van der Waals surface area contributed by atoms with Crippen LogP contribution >= 0.6 is 0 Å². The highest BCUT2D eigenvalue weighted by molar-refractivity contribution is 7.89. The molecule has 156 valence electrons. The molecule has 1 aromatic rings. The van der Waals surface area contributed by atoms with Crippen LogP contribution < -0.4 is 5.32 Å². The minimum absolute atomic E-state index is 0.145. The maximum absolute atomic E-state index is 12.8. The van der Waals surface area contributed by atoms with E-state index in [9.17, 15) is 13.2 Å². The third kappa shape index (κ3) is 6.72. The molecule has 0 atom stereocenters. The molecule has 7 heteroatoms. The van der Waals surface area contributed by atoms with E-state index < -0.39 is 10.0 Å². The molecule has 6 nitrogen and oxygen atoms in total. The van der Waals surface area contributed by atoms with Crippen LogP contribution in [0.15, 0.2) is 35.2 Å². The summed E-state index contributed by atoms with van der Waals surface area (Å²) in [6.45, 7) is 8.76. The predicted molar refractivity (Wildman–Crippen MR) is 114 cm³/mol. The average Bonchev–Trinajstić information content (AvgIpc) is 3.00. The number of carbonyl (C=O) groups is 1. The van der Waals surface area contributed by atoms with Crippen molar-refractivity contribution in [1.29, 1.82) is 0 Å². The van der Waals surface area contributed by atoms with Crippen LogP contribution in [0, 0.1) is 0 Å². The molecule has 2 rings (SSSR count). The molecule has 1 heterocycles. The molecular formula is C21H33N3O3S. The Morgan fingerprint density at radius 2 is 1.68 bits per heavy atom. The zero-order valence-corrected chi connectivity index (χ0v) is 17.9. The Labute approximate surface area is 169 Å². The van der Waals surface area contributed by atoms with Gasteiger partial charge < -0.3 is 10.2 Å². The van der Waals surface area contributed by atoms with Crippen molar-refractivity contribution >= 4 is 22.0 Å². The van der Waals surface area contributed by atoms with Crippen molar-refractivity contribution in [2.24, 2.45) is 0 Å². The predicted octanol–water partition coefficient (Wildman–Crippen LogP) is 2.72. The number of hydrogen-bond donors (Lipinski definition) is 1. The quantitative estimate of drug-likeness (QED) is 0.639. The van der Waals surface area contributed by atoms with Crippen LogP contribution in [0.1, 0.15) is 45.1 Å². The van der Waals surface area contributed by atoms with Gasteiger partial charge in [0.1, 0.15) is 0 Å². The second-order valence-corrected chi connectivity index (χ2v) is 8.98. The minimum Gasteiger partial charge on any atom is -0.351 e. The van der Waals surface area contributed by atoms with E-state index in [1.807, 2.05) is 0 Å². The lowest BCUT2D eigenvalue weighted by molar-refractivity contribution is -0.116. The van der Waals surface area contributed by atoms with Crippen molar-refractivity contribution in [3.63, 3.8) is 0 Å². The van der Waals surface area contributed by atoms with Crippen LogP contribution in [-0.2, 0) is 14.8 Å². The van der Waals surface area contributed by atoms with Crippen LogP contribution in [0.5, 0.6) is 0 Å². The van der Waals surface area contributed by atoms with Gasteiger partial charge in [-0.05, 0) is 49.7 Å². The number of sulfonamides is 1. The van der Waals surface area contributed by atoms with Gasteiger partial charge in [-0.2, -0.15) is 4.31 Å². The standard InChI is InChI=1S/C21H33N3O3S/c1-3-23(4-2)18-15-22-21(25)14-11-19-9-12-20(13-10-19)28(26,27)24-16-7-5-6-8-17-24/h9-14H,3-8,15-18H2,1-2H3,(H,22,25)/b14-11+. The van der Waals surface area contributed by atoms with Gasteiger partial charge >= 0.3 is 0 Å². The molecule has 1 aromatic carbocycles. The topological polar surface area (TPSA) is 69.7 Å². The zero-order valence-electron chi connectivity index (χ0n) is 17.1. The van der Waals surface area contributed by atoms with Crippen LogP contribution in [-0.4, -0.2) is 62.8 Å². The average molecular weight is 408 g/mol. The monoisotopic (exact) mass is 407 g/mol. The largest absolute Gasteiger partial charge is 0.351 e. The summed E-state index contributed by atoms with van der Waals surface area (Å²) in [5, 5.41) is 2.87. The van der Waals surface area contributed by atoms with Crippen molar-refractivity contribution in [3.05, 3.63) is 35.9 Å². The lowest BCUT2D eigenvalue weighted by atomic mass is 10.2. The summed E-state index contributed by atoms with van der Waals surface area (Å²) in [5.41, 5.74) is 0.800. The van der Waals surface area contributed by atoms with Crippen LogP contribution in [0.2, 0.25) is 0 Å². The summed E-state index contributed by atoms with van der Waals surface area (Å²) in [6, 6.07) is 6.73. The highest BCUT2D eigenvalue weighted by Gasteiger charge is 2.24. The molecule has 1 saturated heterocycles. The first-order valence-corrected chi connectivity index (χ1v) is 11.7. The summed E-state index contributed by atoms with van der Waals surface area (Å²) in [4.78, 5) is 14.5. The van der Waals surface area contributed by atoms with Crippen molar-refractivity contribution in [2.45, 2.75) is 44.4 Å². The van der Waals surface area contributed by atoms with E-state index in [2.05, 4.69) is 24.1 Å². The number of amides is 1. The summed E-state index contributed by atoms with van der Waals surface area (Å²) in [7, 11) is -3.43. The molecule has 0 radical (unpaired) electrons. The van der Waals surface area contributed by atoms with E-state index in [1.54, 1.807) is 34.6 Å². The lowest BCUT2D eigenvalue weighted by Gasteiger charge is -2.19. The van der Waals surface area contributed by atoms with Gasteiger partial charge in [-0.25, -0.2) is 8.42 Å². The second kappa shape index (κ2) is 11.3. The minimum atomic E-state index is -3.43.